The molecule has 1 aromatic carbocycles. The van der Waals surface area contributed by atoms with E-state index in [0.717, 1.165) is 25.8 Å². The zero-order chi connectivity index (χ0) is 32.0. The summed E-state index contributed by atoms with van der Waals surface area (Å²) in [6.07, 6.45) is 3.10. The lowest BCUT2D eigenvalue weighted by molar-refractivity contribution is -0.144. The molecule has 0 aliphatic carbocycles. The number of carboxylic acid groups (broad SMARTS) is 1. The van der Waals surface area contributed by atoms with Crippen LogP contribution in [-0.2, 0) is 14.4 Å². The minimum atomic E-state index is -1.01. The molecule has 3 aliphatic heterocycles. The fraction of sp³-hybridized carbons (Fsp3) is 0.677. The average molecular weight is 618 g/mol. The topological polar surface area (TPSA) is 132 Å². The van der Waals surface area contributed by atoms with Gasteiger partial charge in [0.05, 0.1) is 19.6 Å². The van der Waals surface area contributed by atoms with Crippen molar-refractivity contribution in [3.05, 3.63) is 17.7 Å². The molecule has 1 N–H and O–H groups in total. The molecule has 1 aromatic rings. The van der Waals surface area contributed by atoms with E-state index in [1.807, 2.05) is 23.9 Å². The van der Waals surface area contributed by atoms with Gasteiger partial charge >= 0.3 is 12.0 Å². The lowest BCUT2D eigenvalue weighted by atomic mass is 9.84. The number of amides is 4. The van der Waals surface area contributed by atoms with Gasteiger partial charge in [0, 0.05) is 58.2 Å². The molecule has 2 fully saturated rings. The van der Waals surface area contributed by atoms with Crippen LogP contribution in [0.1, 0.15) is 50.5 Å². The van der Waals surface area contributed by atoms with Gasteiger partial charge in [0.15, 0.2) is 11.5 Å². The molecular weight excluding hydrogens is 570 g/mol. The molecule has 4 amide bonds. The second-order valence-electron chi connectivity index (χ2n) is 12.1. The third kappa shape index (κ3) is 7.55. The SMILES string of the molecule is CCCCN(CCCN(C)C)C(=O)CN1C[C@H](c2cc(OC)c3c(c2)OCO3)C(C(=O)O)[C@@H]1CCN1C(=O)CCN(C)C1=O. The van der Waals surface area contributed by atoms with Crippen molar-refractivity contribution in [3.8, 4) is 17.2 Å². The van der Waals surface area contributed by atoms with Crippen LogP contribution in [0.2, 0.25) is 0 Å². The number of carbonyl (C=O) groups excluding carboxylic acids is 3. The van der Waals surface area contributed by atoms with Crippen LogP contribution in [-0.4, -0.2) is 140 Å². The Morgan fingerprint density at radius 2 is 1.86 bits per heavy atom. The van der Waals surface area contributed by atoms with Crippen LogP contribution in [0, 0.1) is 5.92 Å². The summed E-state index contributed by atoms with van der Waals surface area (Å²) >= 11 is 0. The predicted molar refractivity (Wildman–Crippen MR) is 162 cm³/mol. The number of nitrogens with zero attached hydrogens (tertiary/aromatic N) is 5. The van der Waals surface area contributed by atoms with Crippen LogP contribution < -0.4 is 14.2 Å². The number of aliphatic carboxylic acids is 1. The maximum atomic E-state index is 13.8. The lowest BCUT2D eigenvalue weighted by Gasteiger charge is -2.34. The van der Waals surface area contributed by atoms with E-state index < -0.39 is 29.9 Å². The zero-order valence-electron chi connectivity index (χ0n) is 26.6. The van der Waals surface area contributed by atoms with Crippen LogP contribution in [0.25, 0.3) is 0 Å². The first-order valence-electron chi connectivity index (χ1n) is 15.5. The number of fused-ring (bicyclic) bond motifs is 1. The molecule has 3 atom stereocenters. The minimum Gasteiger partial charge on any atom is -0.493 e. The smallest absolute Gasteiger partial charge is 0.326 e. The highest BCUT2D eigenvalue weighted by Gasteiger charge is 2.48. The van der Waals surface area contributed by atoms with Crippen molar-refractivity contribution < 1.29 is 38.5 Å². The number of hydrogen-bond acceptors (Lipinski definition) is 9. The minimum absolute atomic E-state index is 0.0409. The maximum absolute atomic E-state index is 13.8. The van der Waals surface area contributed by atoms with Gasteiger partial charge in [-0.2, -0.15) is 0 Å². The molecule has 0 saturated carbocycles. The number of rotatable bonds is 15. The number of likely N-dealkylation sites (tertiary alicyclic amines) is 1. The lowest BCUT2D eigenvalue weighted by Crippen LogP contribution is -2.52. The first-order valence-corrected chi connectivity index (χ1v) is 15.5. The van der Waals surface area contributed by atoms with Crippen molar-refractivity contribution in [1.29, 1.82) is 0 Å². The number of carboxylic acids is 1. The van der Waals surface area contributed by atoms with E-state index in [9.17, 15) is 24.3 Å². The first-order chi connectivity index (χ1) is 21.0. The Bertz CT molecular complexity index is 1210. The number of ether oxygens (including phenoxy) is 3. The molecule has 13 nitrogen and oxygen atoms in total. The molecule has 0 spiro atoms. The van der Waals surface area contributed by atoms with E-state index in [4.69, 9.17) is 14.2 Å². The fourth-order valence-corrected chi connectivity index (χ4v) is 6.40. The summed E-state index contributed by atoms with van der Waals surface area (Å²) in [5.74, 6) is -1.34. The first kappa shape index (κ1) is 33.3. The van der Waals surface area contributed by atoms with Crippen molar-refractivity contribution in [2.75, 3.05) is 80.9 Å². The van der Waals surface area contributed by atoms with Crippen LogP contribution in [0.5, 0.6) is 17.2 Å². The highest BCUT2D eigenvalue weighted by atomic mass is 16.7. The fourth-order valence-electron chi connectivity index (χ4n) is 6.40. The molecular formula is C31H47N5O8. The number of unbranched alkanes of at least 4 members (excludes halogenated alkanes) is 1. The normalized spacial score (nSPS) is 21.8. The van der Waals surface area contributed by atoms with E-state index in [-0.39, 0.29) is 44.5 Å². The van der Waals surface area contributed by atoms with Gasteiger partial charge in [-0.3, -0.25) is 24.2 Å². The number of methoxy groups -OCH3 is 1. The monoisotopic (exact) mass is 617 g/mol. The number of carbonyl (C=O) groups is 4. The van der Waals surface area contributed by atoms with Gasteiger partial charge in [0.2, 0.25) is 24.4 Å². The average Bonchev–Trinajstić information content (AvgIpc) is 3.61. The Morgan fingerprint density at radius 1 is 1.11 bits per heavy atom. The maximum Gasteiger partial charge on any atom is 0.326 e. The summed E-state index contributed by atoms with van der Waals surface area (Å²) in [4.78, 5) is 60.8. The molecule has 1 unspecified atom stereocenters. The molecule has 13 heteroatoms. The van der Waals surface area contributed by atoms with Crippen LogP contribution in [0.15, 0.2) is 12.1 Å². The highest BCUT2D eigenvalue weighted by Crippen LogP contribution is 2.47. The van der Waals surface area contributed by atoms with Crippen molar-refractivity contribution in [1.82, 2.24) is 24.5 Å². The van der Waals surface area contributed by atoms with Crippen LogP contribution in [0.4, 0.5) is 4.79 Å². The summed E-state index contributed by atoms with van der Waals surface area (Å²) < 4.78 is 16.7. The van der Waals surface area contributed by atoms with Crippen LogP contribution in [0.3, 0.4) is 0 Å². The summed E-state index contributed by atoms with van der Waals surface area (Å²) in [6, 6.07) is 2.57. The number of benzene rings is 1. The summed E-state index contributed by atoms with van der Waals surface area (Å²) in [5, 5.41) is 10.6. The molecule has 0 bridgehead atoms. The standard InChI is InChI=1S/C31H47N5O8/c1-6-7-12-34(13-8-11-32(2)3)27(38)19-35-18-22(21-16-24(42-5)29-25(17-21)43-20-44-29)28(30(39)40)23(35)9-15-36-26(37)10-14-33(4)31(36)41/h16-17,22-23,28H,6-15,18-20H2,1-5H3,(H,39,40)/t22-,23+,28?/m1/s1. The zero-order valence-corrected chi connectivity index (χ0v) is 26.6. The van der Waals surface area contributed by atoms with Gasteiger partial charge < -0.3 is 34.0 Å². The van der Waals surface area contributed by atoms with Gasteiger partial charge in [-0.15, -0.1) is 0 Å². The van der Waals surface area contributed by atoms with E-state index in [1.165, 1.54) is 16.9 Å². The van der Waals surface area contributed by atoms with E-state index in [0.29, 0.717) is 49.0 Å². The number of hydrogen-bond donors (Lipinski definition) is 1. The van der Waals surface area contributed by atoms with Gasteiger partial charge in [-0.25, -0.2) is 4.79 Å². The van der Waals surface area contributed by atoms with Crippen molar-refractivity contribution >= 4 is 23.8 Å². The van der Waals surface area contributed by atoms with E-state index in [2.05, 4.69) is 11.8 Å². The highest BCUT2D eigenvalue weighted by molar-refractivity contribution is 5.96. The van der Waals surface area contributed by atoms with Crippen LogP contribution >= 0.6 is 0 Å². The third-order valence-corrected chi connectivity index (χ3v) is 8.82. The Balaban J connectivity index is 1.63. The largest absolute Gasteiger partial charge is 0.493 e. The molecule has 44 heavy (non-hydrogen) atoms. The molecule has 0 aromatic heterocycles. The Labute approximate surface area is 259 Å². The number of urea groups is 1. The van der Waals surface area contributed by atoms with Crippen molar-refractivity contribution in [2.45, 2.75) is 51.0 Å². The third-order valence-electron chi connectivity index (χ3n) is 8.82. The Morgan fingerprint density at radius 3 is 2.55 bits per heavy atom. The van der Waals surface area contributed by atoms with Gasteiger partial charge in [-0.05, 0) is 57.6 Å². The van der Waals surface area contributed by atoms with Gasteiger partial charge in [0.25, 0.3) is 0 Å². The summed E-state index contributed by atoms with van der Waals surface area (Å²) in [6.45, 7) is 4.99. The van der Waals surface area contributed by atoms with E-state index >= 15 is 0 Å². The predicted octanol–water partition coefficient (Wildman–Crippen LogP) is 2.15. The second kappa shape index (κ2) is 14.9. The van der Waals surface area contributed by atoms with Crippen molar-refractivity contribution in [2.24, 2.45) is 5.92 Å². The molecule has 3 heterocycles. The molecule has 4 rings (SSSR count). The second-order valence-corrected chi connectivity index (χ2v) is 12.1. The van der Waals surface area contributed by atoms with E-state index in [1.54, 1.807) is 19.2 Å². The quantitative estimate of drug-likeness (QED) is 0.312. The molecule has 2 saturated heterocycles. The summed E-state index contributed by atoms with van der Waals surface area (Å²) in [7, 11) is 7.16. The molecule has 0 radical (unpaired) electrons. The summed E-state index contributed by atoms with van der Waals surface area (Å²) in [5.41, 5.74) is 0.706. The van der Waals surface area contributed by atoms with Gasteiger partial charge in [0.1, 0.15) is 0 Å². The molecule has 3 aliphatic rings. The Hall–Kier alpha value is -3.58. The number of imide groups is 1. The van der Waals surface area contributed by atoms with Gasteiger partial charge in [-0.1, -0.05) is 13.3 Å². The molecule has 244 valence electrons. The Kier molecular flexibility index (Phi) is 11.3. The van der Waals surface area contributed by atoms with Crippen molar-refractivity contribution in [3.63, 3.8) is 0 Å².